The summed E-state index contributed by atoms with van der Waals surface area (Å²) in [6.45, 7) is 5.28. The van der Waals surface area contributed by atoms with E-state index in [1.165, 1.54) is 0 Å². The number of aromatic nitrogens is 2. The number of amides is 1. The van der Waals surface area contributed by atoms with E-state index in [0.29, 0.717) is 18.8 Å². The normalized spacial score (nSPS) is 17.6. The molecule has 1 saturated heterocycles. The van der Waals surface area contributed by atoms with Crippen LogP contribution in [0.2, 0.25) is 0 Å². The molecule has 2 heterocycles. The van der Waals surface area contributed by atoms with Crippen LogP contribution in [0.25, 0.3) is 0 Å². The average Bonchev–Trinajstić information content (AvgIpc) is 2.63. The van der Waals surface area contributed by atoms with Crippen LogP contribution in [0, 0.1) is 13.8 Å². The summed E-state index contributed by atoms with van der Waals surface area (Å²) in [5, 5.41) is 9.58. The second-order valence-corrected chi connectivity index (χ2v) is 6.77. The van der Waals surface area contributed by atoms with Crippen LogP contribution in [0.5, 0.6) is 0 Å². The van der Waals surface area contributed by atoms with Crippen molar-refractivity contribution in [1.82, 2.24) is 14.9 Å². The standard InChI is InChI=1S/C20H25N3O2/c1-14-6-3-4-7-16(14)10-19(25)23-9-5-8-17(12-23)20-18(13-24)11-21-15(2)22-20/h3-4,6-7,11,17,24H,5,8-10,12-13H2,1-2H3. The largest absolute Gasteiger partial charge is 0.392 e. The quantitative estimate of drug-likeness (QED) is 0.929. The van der Waals surface area contributed by atoms with Gasteiger partial charge in [-0.3, -0.25) is 4.79 Å². The molecule has 1 fully saturated rings. The predicted octanol–water partition coefficient (Wildman–Crippen LogP) is 2.53. The van der Waals surface area contributed by atoms with E-state index in [9.17, 15) is 9.90 Å². The molecule has 1 aromatic carbocycles. The van der Waals surface area contributed by atoms with Crippen LogP contribution in [0.3, 0.4) is 0 Å². The van der Waals surface area contributed by atoms with E-state index in [1.807, 2.05) is 43.0 Å². The monoisotopic (exact) mass is 339 g/mol. The summed E-state index contributed by atoms with van der Waals surface area (Å²) in [5.74, 6) is 1.03. The van der Waals surface area contributed by atoms with Crippen LogP contribution in [0.4, 0.5) is 0 Å². The van der Waals surface area contributed by atoms with Gasteiger partial charge in [0.2, 0.25) is 5.91 Å². The summed E-state index contributed by atoms with van der Waals surface area (Å²) in [4.78, 5) is 23.4. The molecule has 0 aliphatic carbocycles. The van der Waals surface area contributed by atoms with Crippen molar-refractivity contribution in [2.75, 3.05) is 13.1 Å². The molecule has 0 saturated carbocycles. The number of aliphatic hydroxyl groups is 1. The SMILES string of the molecule is Cc1ncc(CO)c(C2CCCN(C(=O)Cc3ccccc3C)C2)n1. The molecule has 0 spiro atoms. The molecule has 1 aliphatic heterocycles. The number of benzene rings is 1. The van der Waals surface area contributed by atoms with Crippen molar-refractivity contribution >= 4 is 5.91 Å². The molecule has 1 aliphatic rings. The molecule has 1 N–H and O–H groups in total. The maximum Gasteiger partial charge on any atom is 0.227 e. The third kappa shape index (κ3) is 4.04. The number of aryl methyl sites for hydroxylation is 2. The number of hydrogen-bond donors (Lipinski definition) is 1. The zero-order valence-corrected chi connectivity index (χ0v) is 14.9. The van der Waals surface area contributed by atoms with E-state index in [4.69, 9.17) is 0 Å². The fourth-order valence-electron chi connectivity index (χ4n) is 3.50. The highest BCUT2D eigenvalue weighted by molar-refractivity contribution is 5.79. The summed E-state index contributed by atoms with van der Waals surface area (Å²) in [6.07, 6.45) is 4.08. The van der Waals surface area contributed by atoms with Crippen LogP contribution >= 0.6 is 0 Å². The first-order valence-electron chi connectivity index (χ1n) is 8.84. The maximum atomic E-state index is 12.8. The van der Waals surface area contributed by atoms with Gasteiger partial charge in [0.25, 0.3) is 0 Å². The summed E-state index contributed by atoms with van der Waals surface area (Å²) in [7, 11) is 0. The third-order valence-electron chi connectivity index (χ3n) is 4.95. The molecule has 0 radical (unpaired) electrons. The Kier molecular flexibility index (Phi) is 5.43. The van der Waals surface area contributed by atoms with Gasteiger partial charge in [-0.15, -0.1) is 0 Å². The van der Waals surface area contributed by atoms with Gasteiger partial charge in [-0.2, -0.15) is 0 Å². The molecule has 25 heavy (non-hydrogen) atoms. The van der Waals surface area contributed by atoms with Gasteiger partial charge in [0.05, 0.1) is 18.7 Å². The minimum Gasteiger partial charge on any atom is -0.392 e. The Morgan fingerprint density at radius 1 is 1.28 bits per heavy atom. The molecule has 132 valence electrons. The highest BCUT2D eigenvalue weighted by Gasteiger charge is 2.27. The number of carbonyl (C=O) groups is 1. The predicted molar refractivity (Wildman–Crippen MR) is 96.1 cm³/mol. The Morgan fingerprint density at radius 2 is 2.08 bits per heavy atom. The Hall–Kier alpha value is -2.27. The molecule has 5 heteroatoms. The van der Waals surface area contributed by atoms with Gasteiger partial charge < -0.3 is 10.0 Å². The first-order valence-corrected chi connectivity index (χ1v) is 8.84. The fourth-order valence-corrected chi connectivity index (χ4v) is 3.50. The Labute approximate surface area is 148 Å². The Balaban J connectivity index is 1.74. The zero-order chi connectivity index (χ0) is 17.8. The van der Waals surface area contributed by atoms with Crippen LogP contribution in [0.1, 0.15) is 47.0 Å². The Bertz CT molecular complexity index is 760. The lowest BCUT2D eigenvalue weighted by atomic mass is 9.91. The van der Waals surface area contributed by atoms with Crippen molar-refractivity contribution in [3.8, 4) is 0 Å². The summed E-state index contributed by atoms with van der Waals surface area (Å²) in [6, 6.07) is 8.03. The highest BCUT2D eigenvalue weighted by Crippen LogP contribution is 2.28. The third-order valence-corrected chi connectivity index (χ3v) is 4.95. The number of aliphatic hydroxyl groups excluding tert-OH is 1. The van der Waals surface area contributed by atoms with Crippen molar-refractivity contribution in [3.63, 3.8) is 0 Å². The van der Waals surface area contributed by atoms with Gasteiger partial charge in [0.15, 0.2) is 0 Å². The van der Waals surface area contributed by atoms with Crippen LogP contribution in [-0.2, 0) is 17.8 Å². The molecule has 0 bridgehead atoms. The minimum atomic E-state index is -0.0662. The van der Waals surface area contributed by atoms with E-state index in [-0.39, 0.29) is 18.4 Å². The first-order chi connectivity index (χ1) is 12.1. The summed E-state index contributed by atoms with van der Waals surface area (Å²) >= 11 is 0. The van der Waals surface area contributed by atoms with Gasteiger partial charge in [-0.25, -0.2) is 9.97 Å². The van der Waals surface area contributed by atoms with E-state index < -0.39 is 0 Å². The first kappa shape index (κ1) is 17.5. The zero-order valence-electron chi connectivity index (χ0n) is 14.9. The number of nitrogens with zero attached hydrogens (tertiary/aromatic N) is 3. The smallest absolute Gasteiger partial charge is 0.227 e. The molecule has 1 unspecified atom stereocenters. The number of likely N-dealkylation sites (tertiary alicyclic amines) is 1. The molecule has 2 aromatic rings. The number of hydrogen-bond acceptors (Lipinski definition) is 4. The van der Waals surface area contributed by atoms with Gasteiger partial charge in [-0.05, 0) is 37.8 Å². The van der Waals surface area contributed by atoms with Crippen molar-refractivity contribution in [2.45, 2.75) is 45.6 Å². The summed E-state index contributed by atoms with van der Waals surface area (Å²) in [5.41, 5.74) is 3.90. The van der Waals surface area contributed by atoms with Gasteiger partial charge in [0.1, 0.15) is 5.82 Å². The van der Waals surface area contributed by atoms with Crippen LogP contribution in [-0.4, -0.2) is 39.0 Å². The van der Waals surface area contributed by atoms with E-state index in [1.54, 1.807) is 6.20 Å². The van der Waals surface area contributed by atoms with Crippen molar-refractivity contribution in [2.24, 2.45) is 0 Å². The van der Waals surface area contributed by atoms with Gasteiger partial charge in [-0.1, -0.05) is 24.3 Å². The van der Waals surface area contributed by atoms with E-state index in [0.717, 1.165) is 41.8 Å². The molecular weight excluding hydrogens is 314 g/mol. The second kappa shape index (κ2) is 7.74. The topological polar surface area (TPSA) is 66.3 Å². The molecule has 3 rings (SSSR count). The molecule has 1 aromatic heterocycles. The second-order valence-electron chi connectivity index (χ2n) is 6.77. The van der Waals surface area contributed by atoms with E-state index in [2.05, 4.69) is 9.97 Å². The van der Waals surface area contributed by atoms with Gasteiger partial charge >= 0.3 is 0 Å². The van der Waals surface area contributed by atoms with Crippen molar-refractivity contribution < 1.29 is 9.90 Å². The number of piperidine rings is 1. The molecular formula is C20H25N3O2. The lowest BCUT2D eigenvalue weighted by Crippen LogP contribution is -2.40. The highest BCUT2D eigenvalue weighted by atomic mass is 16.3. The van der Waals surface area contributed by atoms with Crippen molar-refractivity contribution in [1.29, 1.82) is 0 Å². The molecule has 1 atom stereocenters. The number of carbonyl (C=O) groups excluding carboxylic acids is 1. The fraction of sp³-hybridized carbons (Fsp3) is 0.450. The molecule has 5 nitrogen and oxygen atoms in total. The van der Waals surface area contributed by atoms with Crippen molar-refractivity contribution in [3.05, 3.63) is 58.7 Å². The van der Waals surface area contributed by atoms with Crippen LogP contribution in [0.15, 0.2) is 30.5 Å². The lowest BCUT2D eigenvalue weighted by molar-refractivity contribution is -0.131. The van der Waals surface area contributed by atoms with E-state index >= 15 is 0 Å². The molecule has 1 amide bonds. The maximum absolute atomic E-state index is 12.8. The van der Waals surface area contributed by atoms with Gasteiger partial charge in [0, 0.05) is 30.8 Å². The minimum absolute atomic E-state index is 0.0662. The average molecular weight is 339 g/mol. The Morgan fingerprint density at radius 3 is 2.84 bits per heavy atom. The lowest BCUT2D eigenvalue weighted by Gasteiger charge is -2.33. The number of rotatable bonds is 4. The summed E-state index contributed by atoms with van der Waals surface area (Å²) < 4.78 is 0. The van der Waals surface area contributed by atoms with Crippen LogP contribution < -0.4 is 0 Å².